The Kier molecular flexibility index (Phi) is 13.7. The van der Waals surface area contributed by atoms with Gasteiger partial charge >= 0.3 is 12.4 Å². The molecular weight excluding hydrogens is 559 g/mol. The van der Waals surface area contributed by atoms with Crippen molar-refractivity contribution in [3.63, 3.8) is 0 Å². The number of aliphatic hydroxyl groups is 3. The fraction of sp³-hybridized carbons (Fsp3) is 0.414. The fourth-order valence-corrected chi connectivity index (χ4v) is 3.81. The van der Waals surface area contributed by atoms with Gasteiger partial charge in [-0.05, 0) is 46.7 Å². The minimum atomic E-state index is -4.83. The van der Waals surface area contributed by atoms with Crippen molar-refractivity contribution in [2.75, 3.05) is 6.54 Å². The van der Waals surface area contributed by atoms with Crippen molar-refractivity contribution in [3.8, 4) is 0 Å². The molecular formula is C29H34F7NO4. The minimum absolute atomic E-state index is 0.140. The Hall–Kier alpha value is -3.22. The lowest BCUT2D eigenvalue weighted by Gasteiger charge is -2.25. The molecule has 0 unspecified atom stereocenters. The number of allylic oxidation sites excluding steroid dienone is 4. The summed E-state index contributed by atoms with van der Waals surface area (Å²) in [5, 5.41) is 27.1. The van der Waals surface area contributed by atoms with Crippen molar-refractivity contribution in [3.05, 3.63) is 88.8 Å². The van der Waals surface area contributed by atoms with Crippen molar-refractivity contribution in [1.82, 2.24) is 4.90 Å². The summed E-state index contributed by atoms with van der Waals surface area (Å²) in [7, 11) is 0. The summed E-state index contributed by atoms with van der Waals surface area (Å²) >= 11 is 0. The first-order valence-electron chi connectivity index (χ1n) is 12.5. The highest BCUT2D eigenvalue weighted by Gasteiger charge is 2.34. The highest BCUT2D eigenvalue weighted by Crippen LogP contribution is 2.38. The molecule has 0 spiro atoms. The Morgan fingerprint density at radius 3 is 2.05 bits per heavy atom. The van der Waals surface area contributed by atoms with E-state index in [-0.39, 0.29) is 47.5 Å². The Morgan fingerprint density at radius 1 is 1.00 bits per heavy atom. The van der Waals surface area contributed by atoms with E-state index >= 15 is 4.39 Å². The van der Waals surface area contributed by atoms with E-state index in [4.69, 9.17) is 5.11 Å². The third-order valence-corrected chi connectivity index (χ3v) is 5.54. The Balaban J connectivity index is 0.000000895. The third-order valence-electron chi connectivity index (χ3n) is 5.54. The maximum atomic E-state index is 15.0. The van der Waals surface area contributed by atoms with E-state index in [0.717, 1.165) is 17.7 Å². The molecule has 0 aromatic heterocycles. The number of hydrogen-bond donors (Lipinski definition) is 3. The molecule has 12 heteroatoms. The van der Waals surface area contributed by atoms with E-state index in [1.165, 1.54) is 19.9 Å². The zero-order valence-electron chi connectivity index (χ0n) is 22.8. The molecule has 0 saturated carbocycles. The first-order valence-corrected chi connectivity index (χ1v) is 12.5. The van der Waals surface area contributed by atoms with Crippen LogP contribution in [0.25, 0.3) is 5.57 Å². The SMILES string of the molecule is CC/C=C(F)\C(=C/C(C)(C)CC(O)O)c1ccc(C(F)(F)F)cc1CN(C=O)CC(F)(F)F.OCc1ccccc1. The number of aliphatic hydroxyl groups excluding tert-OH is 2. The molecule has 3 N–H and O–H groups in total. The summed E-state index contributed by atoms with van der Waals surface area (Å²) in [6.45, 7) is 2.22. The van der Waals surface area contributed by atoms with Crippen LogP contribution in [0.5, 0.6) is 0 Å². The van der Waals surface area contributed by atoms with E-state index in [0.29, 0.717) is 12.1 Å². The zero-order valence-corrected chi connectivity index (χ0v) is 22.8. The highest BCUT2D eigenvalue weighted by molar-refractivity contribution is 5.79. The molecule has 2 rings (SSSR count). The lowest BCUT2D eigenvalue weighted by Crippen LogP contribution is -2.33. The number of carbonyl (C=O) groups excluding carboxylic acids is 1. The first kappa shape index (κ1) is 35.8. The smallest absolute Gasteiger partial charge is 0.392 e. The van der Waals surface area contributed by atoms with E-state index in [9.17, 15) is 41.4 Å². The van der Waals surface area contributed by atoms with Crippen LogP contribution >= 0.6 is 0 Å². The van der Waals surface area contributed by atoms with Crippen molar-refractivity contribution in [2.45, 2.75) is 65.4 Å². The Labute approximate surface area is 234 Å². The standard InChI is InChI=1S/C22H26F7NO3.C7H8O/c1-4-5-18(23)17(9-20(2,3)10-19(32)33)16-7-6-15(22(27,28)29)8-14(16)11-30(13-31)12-21(24,25)26;8-6-7-4-2-1-3-5-7/h5-9,13,19,32-33H,4,10-12H2,1-3H3;1-5,8H,6H2/b17-9-,18-5+;. The number of rotatable bonds is 11. The normalized spacial score (nSPS) is 13.1. The highest BCUT2D eigenvalue weighted by atomic mass is 19.4. The van der Waals surface area contributed by atoms with Crippen molar-refractivity contribution in [1.29, 1.82) is 0 Å². The molecule has 0 fully saturated rings. The number of amides is 1. The lowest BCUT2D eigenvalue weighted by molar-refractivity contribution is -0.155. The van der Waals surface area contributed by atoms with Crippen LogP contribution in [0.2, 0.25) is 0 Å². The summed E-state index contributed by atoms with van der Waals surface area (Å²) < 4.78 is 93.2. The molecule has 2 aromatic rings. The Morgan fingerprint density at radius 2 is 1.61 bits per heavy atom. The molecule has 1 amide bonds. The molecule has 0 radical (unpaired) electrons. The molecule has 0 aliphatic carbocycles. The van der Waals surface area contributed by atoms with Crippen LogP contribution in [-0.2, 0) is 24.1 Å². The van der Waals surface area contributed by atoms with Crippen LogP contribution in [-0.4, -0.2) is 45.6 Å². The predicted molar refractivity (Wildman–Crippen MR) is 140 cm³/mol. The fourth-order valence-electron chi connectivity index (χ4n) is 3.81. The first-order chi connectivity index (χ1) is 18.9. The second-order valence-electron chi connectivity index (χ2n) is 9.83. The van der Waals surface area contributed by atoms with E-state index in [2.05, 4.69) is 0 Å². The summed E-state index contributed by atoms with van der Waals surface area (Å²) in [6.07, 6.45) is -9.18. The second kappa shape index (κ2) is 15.7. The van der Waals surface area contributed by atoms with Crippen molar-refractivity contribution >= 4 is 12.0 Å². The average Bonchev–Trinajstić information content (AvgIpc) is 2.86. The second-order valence-corrected chi connectivity index (χ2v) is 9.83. The monoisotopic (exact) mass is 593 g/mol. The minimum Gasteiger partial charge on any atom is -0.392 e. The lowest BCUT2D eigenvalue weighted by atomic mass is 9.83. The molecule has 0 bridgehead atoms. The van der Waals surface area contributed by atoms with Crippen LogP contribution in [0.1, 0.15) is 55.9 Å². The summed E-state index contributed by atoms with van der Waals surface area (Å²) in [6, 6.07) is 11.7. The van der Waals surface area contributed by atoms with E-state index in [1.807, 2.05) is 30.3 Å². The van der Waals surface area contributed by atoms with Gasteiger partial charge in [0.05, 0.1) is 12.2 Å². The third kappa shape index (κ3) is 13.3. The maximum absolute atomic E-state index is 15.0. The Bertz CT molecular complexity index is 1160. The van der Waals surface area contributed by atoms with Gasteiger partial charge in [-0.15, -0.1) is 0 Å². The van der Waals surface area contributed by atoms with Gasteiger partial charge in [0, 0.05) is 18.5 Å². The molecule has 0 saturated heterocycles. The van der Waals surface area contributed by atoms with Gasteiger partial charge in [-0.25, -0.2) is 4.39 Å². The average molecular weight is 594 g/mol. The van der Waals surface area contributed by atoms with Gasteiger partial charge < -0.3 is 20.2 Å². The molecule has 2 aromatic carbocycles. The number of carbonyl (C=O) groups is 1. The van der Waals surface area contributed by atoms with Crippen LogP contribution in [0.3, 0.4) is 0 Å². The van der Waals surface area contributed by atoms with E-state index < -0.39 is 48.5 Å². The number of halogens is 7. The van der Waals surface area contributed by atoms with Gasteiger partial charge in [0.1, 0.15) is 12.4 Å². The summed E-state index contributed by atoms with van der Waals surface area (Å²) in [4.78, 5) is 11.4. The van der Waals surface area contributed by atoms with Gasteiger partial charge in [-0.3, -0.25) is 4.79 Å². The molecule has 0 aliphatic rings. The largest absolute Gasteiger partial charge is 0.416 e. The van der Waals surface area contributed by atoms with Crippen LogP contribution < -0.4 is 0 Å². The van der Waals surface area contributed by atoms with Gasteiger partial charge in [-0.1, -0.05) is 63.2 Å². The summed E-state index contributed by atoms with van der Waals surface area (Å²) in [5.41, 5.74) is -2.01. The van der Waals surface area contributed by atoms with Gasteiger partial charge in [-0.2, -0.15) is 26.3 Å². The number of alkyl halides is 6. The molecule has 228 valence electrons. The van der Waals surface area contributed by atoms with Gasteiger partial charge in [0.25, 0.3) is 0 Å². The summed E-state index contributed by atoms with van der Waals surface area (Å²) in [5.74, 6) is -0.854. The molecule has 0 heterocycles. The van der Waals surface area contributed by atoms with Crippen molar-refractivity contribution in [2.24, 2.45) is 5.41 Å². The van der Waals surface area contributed by atoms with Crippen LogP contribution in [0.4, 0.5) is 30.7 Å². The molecule has 0 atom stereocenters. The van der Waals surface area contributed by atoms with Crippen LogP contribution in [0, 0.1) is 5.41 Å². The van der Waals surface area contributed by atoms with Gasteiger partial charge in [0.15, 0.2) is 6.29 Å². The van der Waals surface area contributed by atoms with Crippen molar-refractivity contribution < 1.29 is 50.8 Å². The van der Waals surface area contributed by atoms with Crippen LogP contribution in [0.15, 0.2) is 66.5 Å². The maximum Gasteiger partial charge on any atom is 0.416 e. The number of hydrogen-bond acceptors (Lipinski definition) is 4. The predicted octanol–water partition coefficient (Wildman–Crippen LogP) is 6.78. The van der Waals surface area contributed by atoms with E-state index in [1.54, 1.807) is 6.92 Å². The number of nitrogens with zero attached hydrogens (tertiary/aromatic N) is 1. The number of benzene rings is 2. The zero-order chi connectivity index (χ0) is 31.4. The quantitative estimate of drug-likeness (QED) is 0.116. The van der Waals surface area contributed by atoms with Gasteiger partial charge in [0.2, 0.25) is 6.41 Å². The molecule has 0 aliphatic heterocycles. The molecule has 41 heavy (non-hydrogen) atoms. The molecule has 5 nitrogen and oxygen atoms in total. The topological polar surface area (TPSA) is 81.0 Å².